The molecule has 0 saturated carbocycles. The van der Waals surface area contributed by atoms with Crippen LogP contribution in [0, 0.1) is 0 Å². The summed E-state index contributed by atoms with van der Waals surface area (Å²) in [5.41, 5.74) is 7.33. The van der Waals surface area contributed by atoms with Crippen molar-refractivity contribution in [1.82, 2.24) is 0 Å². The average Bonchev–Trinajstić information content (AvgIpc) is 2.19. The molecule has 1 aromatic rings. The van der Waals surface area contributed by atoms with Crippen LogP contribution in [0.15, 0.2) is 18.2 Å². The van der Waals surface area contributed by atoms with Crippen molar-refractivity contribution >= 4 is 17.3 Å². The second-order valence-corrected chi connectivity index (χ2v) is 4.90. The third-order valence-electron chi connectivity index (χ3n) is 2.05. The van der Waals surface area contributed by atoms with E-state index in [9.17, 15) is 4.79 Å². The molecule has 0 radical (unpaired) electrons. The second kappa shape index (κ2) is 5.08. The van der Waals surface area contributed by atoms with Crippen molar-refractivity contribution in [1.29, 1.82) is 0 Å². The standard InChI is InChI=1S/C13H20N2O2/c1-5-17-12(16)10-8-9(14)6-7-11(10)15-13(2,3)4/h6-8,15H,5,14H2,1-4H3. The maximum Gasteiger partial charge on any atom is 0.340 e. The Kier molecular flexibility index (Phi) is 3.99. The summed E-state index contributed by atoms with van der Waals surface area (Å²) in [5.74, 6) is -0.355. The van der Waals surface area contributed by atoms with E-state index in [1.807, 2.05) is 20.8 Å². The Morgan fingerprint density at radius 3 is 2.59 bits per heavy atom. The summed E-state index contributed by atoms with van der Waals surface area (Å²) in [5, 5.41) is 3.26. The van der Waals surface area contributed by atoms with E-state index in [1.54, 1.807) is 25.1 Å². The van der Waals surface area contributed by atoms with Crippen LogP contribution >= 0.6 is 0 Å². The van der Waals surface area contributed by atoms with Crippen LogP contribution in [0.1, 0.15) is 38.1 Å². The van der Waals surface area contributed by atoms with Gasteiger partial charge in [-0.3, -0.25) is 0 Å². The van der Waals surface area contributed by atoms with Gasteiger partial charge < -0.3 is 15.8 Å². The Morgan fingerprint density at radius 1 is 1.41 bits per heavy atom. The number of nitrogen functional groups attached to an aromatic ring is 1. The smallest absolute Gasteiger partial charge is 0.340 e. The molecule has 17 heavy (non-hydrogen) atoms. The van der Waals surface area contributed by atoms with Gasteiger partial charge in [-0.05, 0) is 45.9 Å². The van der Waals surface area contributed by atoms with Crippen LogP contribution in [0.25, 0.3) is 0 Å². The predicted molar refractivity (Wildman–Crippen MR) is 70.2 cm³/mol. The lowest BCUT2D eigenvalue weighted by atomic mass is 10.1. The molecule has 0 aliphatic rings. The van der Waals surface area contributed by atoms with E-state index >= 15 is 0 Å². The summed E-state index contributed by atoms with van der Waals surface area (Å²) >= 11 is 0. The van der Waals surface area contributed by atoms with Crippen molar-refractivity contribution < 1.29 is 9.53 Å². The number of anilines is 2. The monoisotopic (exact) mass is 236 g/mol. The normalized spacial score (nSPS) is 11.1. The molecule has 0 aromatic heterocycles. The molecule has 0 bridgehead atoms. The van der Waals surface area contributed by atoms with Crippen LogP contribution in [0.3, 0.4) is 0 Å². The molecule has 0 aliphatic heterocycles. The highest BCUT2D eigenvalue weighted by Crippen LogP contribution is 2.23. The highest BCUT2D eigenvalue weighted by Gasteiger charge is 2.17. The summed E-state index contributed by atoms with van der Waals surface area (Å²) in [4.78, 5) is 11.8. The van der Waals surface area contributed by atoms with E-state index < -0.39 is 0 Å². The van der Waals surface area contributed by atoms with Crippen LogP contribution in [0.2, 0.25) is 0 Å². The largest absolute Gasteiger partial charge is 0.462 e. The quantitative estimate of drug-likeness (QED) is 0.625. The Hall–Kier alpha value is -1.71. The van der Waals surface area contributed by atoms with Gasteiger partial charge in [0.05, 0.1) is 12.2 Å². The summed E-state index contributed by atoms with van der Waals surface area (Å²) in [6.07, 6.45) is 0. The Balaban J connectivity index is 3.08. The van der Waals surface area contributed by atoms with E-state index in [4.69, 9.17) is 10.5 Å². The fourth-order valence-electron chi connectivity index (χ4n) is 1.45. The van der Waals surface area contributed by atoms with Gasteiger partial charge in [0.15, 0.2) is 0 Å². The maximum atomic E-state index is 11.8. The molecular formula is C13H20N2O2. The zero-order chi connectivity index (χ0) is 13.1. The van der Waals surface area contributed by atoms with Gasteiger partial charge in [0.2, 0.25) is 0 Å². The highest BCUT2D eigenvalue weighted by atomic mass is 16.5. The van der Waals surface area contributed by atoms with Gasteiger partial charge in [-0.2, -0.15) is 0 Å². The summed E-state index contributed by atoms with van der Waals surface area (Å²) in [6.45, 7) is 8.21. The fraction of sp³-hybridized carbons (Fsp3) is 0.462. The number of hydrogen-bond donors (Lipinski definition) is 2. The second-order valence-electron chi connectivity index (χ2n) is 4.90. The topological polar surface area (TPSA) is 64.3 Å². The fourth-order valence-corrected chi connectivity index (χ4v) is 1.45. The first-order valence-corrected chi connectivity index (χ1v) is 5.68. The van der Waals surface area contributed by atoms with E-state index in [1.165, 1.54) is 0 Å². The third kappa shape index (κ3) is 3.98. The van der Waals surface area contributed by atoms with Crippen molar-refractivity contribution in [2.45, 2.75) is 33.2 Å². The maximum absolute atomic E-state index is 11.8. The lowest BCUT2D eigenvalue weighted by molar-refractivity contribution is 0.0527. The summed E-state index contributed by atoms with van der Waals surface area (Å²) in [6, 6.07) is 5.19. The van der Waals surface area contributed by atoms with Gasteiger partial charge in [-0.25, -0.2) is 4.79 Å². The number of nitrogens with two attached hydrogens (primary N) is 1. The molecule has 0 saturated heterocycles. The third-order valence-corrected chi connectivity index (χ3v) is 2.05. The Morgan fingerprint density at radius 2 is 2.06 bits per heavy atom. The van der Waals surface area contributed by atoms with Crippen LogP contribution in [-0.2, 0) is 4.74 Å². The first-order valence-electron chi connectivity index (χ1n) is 5.68. The Bertz CT molecular complexity index is 408. The number of nitrogens with one attached hydrogen (secondary N) is 1. The number of ether oxygens (including phenoxy) is 1. The van der Waals surface area contributed by atoms with Crippen LogP contribution < -0.4 is 11.1 Å². The lowest BCUT2D eigenvalue weighted by Gasteiger charge is -2.23. The Labute approximate surface area is 102 Å². The van der Waals surface area contributed by atoms with Crippen molar-refractivity contribution in [3.8, 4) is 0 Å². The molecule has 1 rings (SSSR count). The van der Waals surface area contributed by atoms with E-state index in [-0.39, 0.29) is 11.5 Å². The molecule has 0 spiro atoms. The predicted octanol–water partition coefficient (Wildman–Crippen LogP) is 2.66. The van der Waals surface area contributed by atoms with E-state index in [2.05, 4.69) is 5.32 Å². The average molecular weight is 236 g/mol. The van der Waals surface area contributed by atoms with Gasteiger partial charge in [-0.15, -0.1) is 0 Å². The molecule has 3 N–H and O–H groups in total. The van der Waals surface area contributed by atoms with Gasteiger partial charge >= 0.3 is 5.97 Å². The molecule has 4 heteroatoms. The molecule has 0 heterocycles. The molecule has 0 amide bonds. The molecule has 1 aromatic carbocycles. The van der Waals surface area contributed by atoms with E-state index in [0.29, 0.717) is 17.9 Å². The number of hydrogen-bond acceptors (Lipinski definition) is 4. The highest BCUT2D eigenvalue weighted by molar-refractivity contribution is 5.96. The van der Waals surface area contributed by atoms with Gasteiger partial charge in [0.1, 0.15) is 0 Å². The first kappa shape index (κ1) is 13.4. The zero-order valence-electron chi connectivity index (χ0n) is 10.8. The van der Waals surface area contributed by atoms with Crippen LogP contribution in [0.4, 0.5) is 11.4 Å². The molecule has 94 valence electrons. The summed E-state index contributed by atoms with van der Waals surface area (Å²) in [7, 11) is 0. The minimum absolute atomic E-state index is 0.128. The van der Waals surface area contributed by atoms with Crippen molar-refractivity contribution in [2.75, 3.05) is 17.7 Å². The molecule has 0 unspecified atom stereocenters. The van der Waals surface area contributed by atoms with Gasteiger partial charge in [0, 0.05) is 16.9 Å². The molecule has 0 aliphatic carbocycles. The molecule has 0 fully saturated rings. The first-order chi connectivity index (χ1) is 7.83. The number of esters is 1. The SMILES string of the molecule is CCOC(=O)c1cc(N)ccc1NC(C)(C)C. The van der Waals surface area contributed by atoms with Crippen LogP contribution in [0.5, 0.6) is 0 Å². The van der Waals surface area contributed by atoms with Gasteiger partial charge in [0.25, 0.3) is 0 Å². The van der Waals surface area contributed by atoms with Crippen molar-refractivity contribution in [2.24, 2.45) is 0 Å². The molecular weight excluding hydrogens is 216 g/mol. The van der Waals surface area contributed by atoms with Crippen molar-refractivity contribution in [3.63, 3.8) is 0 Å². The molecule has 4 nitrogen and oxygen atoms in total. The minimum Gasteiger partial charge on any atom is -0.462 e. The number of carbonyl (C=O) groups is 1. The minimum atomic E-state index is -0.355. The molecule has 0 atom stereocenters. The van der Waals surface area contributed by atoms with E-state index in [0.717, 1.165) is 5.69 Å². The summed E-state index contributed by atoms with van der Waals surface area (Å²) < 4.78 is 5.00. The lowest BCUT2D eigenvalue weighted by Crippen LogP contribution is -2.27. The van der Waals surface area contributed by atoms with Gasteiger partial charge in [-0.1, -0.05) is 0 Å². The van der Waals surface area contributed by atoms with Crippen molar-refractivity contribution in [3.05, 3.63) is 23.8 Å². The number of carbonyl (C=O) groups excluding carboxylic acids is 1. The van der Waals surface area contributed by atoms with Crippen LogP contribution in [-0.4, -0.2) is 18.1 Å². The number of benzene rings is 1. The zero-order valence-corrected chi connectivity index (χ0v) is 10.8. The number of rotatable bonds is 3.